The Kier molecular flexibility index (Phi) is 3.54. The minimum absolute atomic E-state index is 0.0210. The van der Waals surface area contributed by atoms with Gasteiger partial charge in [0.1, 0.15) is 0 Å². The molecular formula is C13H19N3O2S. The minimum Gasteiger partial charge on any atom is -0.387 e. The van der Waals surface area contributed by atoms with Gasteiger partial charge in [0.2, 0.25) is 5.91 Å². The molecule has 2 atom stereocenters. The summed E-state index contributed by atoms with van der Waals surface area (Å²) in [4.78, 5) is 12.3. The van der Waals surface area contributed by atoms with Crippen molar-refractivity contribution in [2.24, 2.45) is 0 Å². The highest BCUT2D eigenvalue weighted by atomic mass is 32.2. The van der Waals surface area contributed by atoms with Crippen LogP contribution in [0, 0.1) is 0 Å². The number of aromatic amines is 1. The van der Waals surface area contributed by atoms with Crippen molar-refractivity contribution in [2.75, 3.05) is 18.1 Å². The van der Waals surface area contributed by atoms with Crippen molar-refractivity contribution < 1.29 is 9.90 Å². The first kappa shape index (κ1) is 13.0. The summed E-state index contributed by atoms with van der Waals surface area (Å²) in [5.74, 6) is 1.60. The molecule has 2 unspecified atom stereocenters. The number of H-pyrrole nitrogens is 1. The first-order chi connectivity index (χ1) is 9.18. The number of carbonyl (C=O) groups excluding carboxylic acids is 1. The van der Waals surface area contributed by atoms with Crippen LogP contribution in [-0.4, -0.2) is 44.9 Å². The lowest BCUT2D eigenvalue weighted by molar-refractivity contribution is -0.124. The summed E-state index contributed by atoms with van der Waals surface area (Å²) < 4.78 is 0. The summed E-state index contributed by atoms with van der Waals surface area (Å²) in [6, 6.07) is 0. The van der Waals surface area contributed by atoms with Gasteiger partial charge in [0.25, 0.3) is 0 Å². The second-order valence-electron chi connectivity index (χ2n) is 5.49. The van der Waals surface area contributed by atoms with Crippen molar-refractivity contribution in [1.82, 2.24) is 15.5 Å². The van der Waals surface area contributed by atoms with Gasteiger partial charge >= 0.3 is 0 Å². The number of carbonyl (C=O) groups is 1. The second-order valence-corrected chi connectivity index (χ2v) is 6.60. The zero-order chi connectivity index (χ0) is 13.3. The van der Waals surface area contributed by atoms with Crippen molar-refractivity contribution in [1.29, 1.82) is 0 Å². The van der Waals surface area contributed by atoms with E-state index >= 15 is 0 Å². The molecule has 0 saturated carbocycles. The van der Waals surface area contributed by atoms with Gasteiger partial charge in [0.15, 0.2) is 0 Å². The van der Waals surface area contributed by atoms with Gasteiger partial charge in [-0.1, -0.05) is 0 Å². The number of aryl methyl sites for hydroxylation is 1. The number of hydrogen-bond acceptors (Lipinski definition) is 4. The smallest absolute Gasteiger partial charge is 0.227 e. The Balaban J connectivity index is 1.62. The molecule has 5 nitrogen and oxygen atoms in total. The van der Waals surface area contributed by atoms with Crippen molar-refractivity contribution in [3.8, 4) is 0 Å². The summed E-state index contributed by atoms with van der Waals surface area (Å²) in [5, 5.41) is 20.2. The standard InChI is InChI=1S/C13H19N3O2S/c17-12(14-7-13(18)4-5-19-8-13)9-2-1-3-11-10(9)6-15-16-11/h6,9,18H,1-5,7-8H2,(H,14,17)(H,15,16). The number of rotatable bonds is 3. The SMILES string of the molecule is O=C(NCC1(O)CCSC1)C1CCCc2[nH]ncc21. The Morgan fingerprint density at radius 2 is 2.58 bits per heavy atom. The Morgan fingerprint density at radius 3 is 3.37 bits per heavy atom. The number of fused-ring (bicyclic) bond motifs is 1. The van der Waals surface area contributed by atoms with Crippen LogP contribution < -0.4 is 5.32 Å². The lowest BCUT2D eigenvalue weighted by Crippen LogP contribution is -2.44. The van der Waals surface area contributed by atoms with Gasteiger partial charge in [-0.05, 0) is 31.4 Å². The molecule has 3 N–H and O–H groups in total. The highest BCUT2D eigenvalue weighted by molar-refractivity contribution is 7.99. The van der Waals surface area contributed by atoms with Crippen LogP contribution in [0.5, 0.6) is 0 Å². The highest BCUT2D eigenvalue weighted by Gasteiger charge is 2.34. The van der Waals surface area contributed by atoms with Gasteiger partial charge in [0.05, 0.1) is 17.7 Å². The molecular weight excluding hydrogens is 262 g/mol. The molecule has 0 spiro atoms. The van der Waals surface area contributed by atoms with Crippen LogP contribution in [0.3, 0.4) is 0 Å². The Morgan fingerprint density at radius 1 is 1.68 bits per heavy atom. The van der Waals surface area contributed by atoms with E-state index in [4.69, 9.17) is 0 Å². The molecule has 104 valence electrons. The minimum atomic E-state index is -0.714. The van der Waals surface area contributed by atoms with Crippen LogP contribution in [0.25, 0.3) is 0 Å². The number of hydrogen-bond donors (Lipinski definition) is 3. The van der Waals surface area contributed by atoms with Gasteiger partial charge < -0.3 is 10.4 Å². The molecule has 0 bridgehead atoms. The third kappa shape index (κ3) is 2.65. The molecule has 3 rings (SSSR count). The van der Waals surface area contributed by atoms with E-state index in [0.717, 1.165) is 48.4 Å². The van der Waals surface area contributed by atoms with E-state index < -0.39 is 5.60 Å². The average Bonchev–Trinajstić information content (AvgIpc) is 3.04. The molecule has 1 aromatic rings. The molecule has 1 aliphatic heterocycles. The molecule has 1 saturated heterocycles. The topological polar surface area (TPSA) is 78.0 Å². The Hall–Kier alpha value is -1.01. The summed E-state index contributed by atoms with van der Waals surface area (Å²) in [7, 11) is 0. The van der Waals surface area contributed by atoms with Crippen LogP contribution in [0.15, 0.2) is 6.20 Å². The number of aliphatic hydroxyl groups is 1. The summed E-state index contributed by atoms with van der Waals surface area (Å²) in [6.07, 6.45) is 5.37. The molecule has 0 radical (unpaired) electrons. The van der Waals surface area contributed by atoms with Crippen LogP contribution in [0.1, 0.15) is 36.4 Å². The summed E-state index contributed by atoms with van der Waals surface area (Å²) >= 11 is 1.74. The van der Waals surface area contributed by atoms with Gasteiger partial charge in [-0.15, -0.1) is 0 Å². The number of nitrogens with zero attached hydrogens (tertiary/aromatic N) is 1. The molecule has 2 heterocycles. The fraction of sp³-hybridized carbons (Fsp3) is 0.692. The number of nitrogens with one attached hydrogen (secondary N) is 2. The lowest BCUT2D eigenvalue weighted by Gasteiger charge is -2.25. The molecule has 1 aliphatic carbocycles. The van der Waals surface area contributed by atoms with Crippen LogP contribution >= 0.6 is 11.8 Å². The molecule has 2 aliphatic rings. The monoisotopic (exact) mass is 281 g/mol. The van der Waals surface area contributed by atoms with E-state index in [1.54, 1.807) is 18.0 Å². The molecule has 1 fully saturated rings. The predicted molar refractivity (Wildman–Crippen MR) is 74.2 cm³/mol. The van der Waals surface area contributed by atoms with E-state index in [9.17, 15) is 9.90 Å². The first-order valence-corrected chi connectivity index (χ1v) is 7.93. The molecule has 1 amide bonds. The number of thioether (sulfide) groups is 1. The van der Waals surface area contributed by atoms with E-state index in [1.165, 1.54) is 0 Å². The largest absolute Gasteiger partial charge is 0.387 e. The van der Waals surface area contributed by atoms with Crippen molar-refractivity contribution in [2.45, 2.75) is 37.2 Å². The third-order valence-electron chi connectivity index (χ3n) is 4.04. The number of amides is 1. The summed E-state index contributed by atoms with van der Waals surface area (Å²) in [6.45, 7) is 0.364. The second kappa shape index (κ2) is 5.17. The first-order valence-electron chi connectivity index (χ1n) is 6.78. The maximum Gasteiger partial charge on any atom is 0.227 e. The van der Waals surface area contributed by atoms with Crippen LogP contribution in [0.4, 0.5) is 0 Å². The molecule has 19 heavy (non-hydrogen) atoms. The zero-order valence-electron chi connectivity index (χ0n) is 10.8. The highest BCUT2D eigenvalue weighted by Crippen LogP contribution is 2.31. The summed E-state index contributed by atoms with van der Waals surface area (Å²) in [5.41, 5.74) is 1.40. The quantitative estimate of drug-likeness (QED) is 0.766. The van der Waals surface area contributed by atoms with Gasteiger partial charge in [0, 0.05) is 23.6 Å². The van der Waals surface area contributed by atoms with Gasteiger partial charge in [-0.2, -0.15) is 16.9 Å². The normalized spacial score (nSPS) is 30.1. The Labute approximate surface area is 116 Å². The maximum atomic E-state index is 12.3. The molecule has 0 aromatic carbocycles. The van der Waals surface area contributed by atoms with E-state index in [0.29, 0.717) is 6.54 Å². The fourth-order valence-corrected chi connectivity index (χ4v) is 4.14. The zero-order valence-corrected chi connectivity index (χ0v) is 11.6. The van der Waals surface area contributed by atoms with Crippen molar-refractivity contribution >= 4 is 17.7 Å². The maximum absolute atomic E-state index is 12.3. The molecule has 1 aromatic heterocycles. The Bertz CT molecular complexity index is 468. The van der Waals surface area contributed by atoms with E-state index in [1.807, 2.05) is 0 Å². The third-order valence-corrected chi connectivity index (χ3v) is 5.27. The van der Waals surface area contributed by atoms with E-state index in [2.05, 4.69) is 15.5 Å². The van der Waals surface area contributed by atoms with Crippen molar-refractivity contribution in [3.63, 3.8) is 0 Å². The molecule has 6 heteroatoms. The lowest BCUT2D eigenvalue weighted by atomic mass is 9.86. The predicted octanol–water partition coefficient (Wildman–Crippen LogP) is 0.814. The van der Waals surface area contributed by atoms with Crippen LogP contribution in [0.2, 0.25) is 0 Å². The van der Waals surface area contributed by atoms with Crippen molar-refractivity contribution in [3.05, 3.63) is 17.5 Å². The van der Waals surface area contributed by atoms with Crippen LogP contribution in [-0.2, 0) is 11.2 Å². The average molecular weight is 281 g/mol. The van der Waals surface area contributed by atoms with Gasteiger partial charge in [-0.25, -0.2) is 0 Å². The fourth-order valence-electron chi connectivity index (χ4n) is 2.84. The van der Waals surface area contributed by atoms with Gasteiger partial charge in [-0.3, -0.25) is 9.89 Å². The van der Waals surface area contributed by atoms with E-state index in [-0.39, 0.29) is 11.8 Å². The number of aromatic nitrogens is 2.